The van der Waals surface area contributed by atoms with E-state index in [2.05, 4.69) is 215 Å². The molecule has 2 nitrogen and oxygen atoms in total. The quantitative estimate of drug-likeness (QED) is 0.172. The van der Waals surface area contributed by atoms with Gasteiger partial charge in [-0.3, -0.25) is 0 Å². The summed E-state index contributed by atoms with van der Waals surface area (Å²) in [6, 6.07) is 73.6. The average molecular weight is 819 g/mol. The molecule has 2 unspecified atom stereocenters. The first-order chi connectivity index (χ1) is 31.2. The van der Waals surface area contributed by atoms with Gasteiger partial charge in [0.1, 0.15) is 0 Å². The fourth-order valence-electron chi connectivity index (χ4n) is 11.6. The summed E-state index contributed by atoms with van der Waals surface area (Å²) < 4.78 is 4.91. The van der Waals surface area contributed by atoms with Gasteiger partial charge in [-0.2, -0.15) is 0 Å². The Morgan fingerprint density at radius 3 is 1.02 bits per heavy atom. The number of benzene rings is 10. The maximum atomic E-state index is 2.46. The lowest BCUT2D eigenvalue weighted by Gasteiger charge is -2.14. The van der Waals surface area contributed by atoms with Gasteiger partial charge in [0.05, 0.1) is 33.1 Å². The van der Waals surface area contributed by atoms with Crippen molar-refractivity contribution in [1.82, 2.24) is 8.80 Å². The molecule has 0 bridgehead atoms. The number of aromatic nitrogens is 2. The van der Waals surface area contributed by atoms with Crippen molar-refractivity contribution in [3.63, 3.8) is 0 Å². The smallest absolute Gasteiger partial charge is 0.0620 e. The lowest BCUT2D eigenvalue weighted by molar-refractivity contribution is 0.766. The first-order valence-electron chi connectivity index (χ1n) is 22.3. The number of rotatable bonds is 4. The summed E-state index contributed by atoms with van der Waals surface area (Å²) in [6.45, 7) is 0. The summed E-state index contributed by atoms with van der Waals surface area (Å²) in [4.78, 5) is 0. The fraction of sp³-hybridized carbons (Fsp3) is 0.0667. The van der Waals surface area contributed by atoms with E-state index in [0.29, 0.717) is 10.5 Å². The Bertz CT molecular complexity index is 3770. The monoisotopic (exact) mass is 818 g/mol. The maximum absolute atomic E-state index is 2.46. The van der Waals surface area contributed by atoms with Gasteiger partial charge in [-0.25, -0.2) is 0 Å². The van der Waals surface area contributed by atoms with Crippen molar-refractivity contribution in [3.05, 3.63) is 205 Å². The van der Waals surface area contributed by atoms with Gasteiger partial charge in [0.15, 0.2) is 0 Å². The molecule has 0 saturated carbocycles. The highest BCUT2D eigenvalue weighted by Gasteiger charge is 2.28. The van der Waals surface area contributed by atoms with Crippen molar-refractivity contribution in [2.45, 2.75) is 23.3 Å². The van der Waals surface area contributed by atoms with Gasteiger partial charge in [0.25, 0.3) is 0 Å². The third-order valence-electron chi connectivity index (χ3n) is 14.6. The molecule has 1 aliphatic heterocycles. The molecule has 5 heterocycles. The Morgan fingerprint density at radius 1 is 0.302 bits per heavy atom. The Balaban J connectivity index is 0.724. The van der Waals surface area contributed by atoms with Gasteiger partial charge in [-0.15, -0.1) is 11.8 Å². The average Bonchev–Trinajstić information content (AvgIpc) is 4.17. The van der Waals surface area contributed by atoms with Crippen LogP contribution < -0.4 is 0 Å². The van der Waals surface area contributed by atoms with Crippen molar-refractivity contribution in [3.8, 4) is 22.3 Å². The summed E-state index contributed by atoms with van der Waals surface area (Å²) in [6.07, 6.45) is 2.39. The predicted octanol–water partition coefficient (Wildman–Crippen LogP) is 16.9. The molecule has 1 fully saturated rings. The van der Waals surface area contributed by atoms with Crippen LogP contribution in [0.25, 0.3) is 120 Å². The zero-order valence-corrected chi connectivity index (χ0v) is 35.2. The molecule has 10 aromatic carbocycles. The van der Waals surface area contributed by atoms with Gasteiger partial charge in [0.2, 0.25) is 0 Å². The first kappa shape index (κ1) is 34.3. The largest absolute Gasteiger partial charge is 0.308 e. The highest BCUT2D eigenvalue weighted by molar-refractivity contribution is 8.00. The summed E-state index contributed by atoms with van der Waals surface area (Å²) in [5.41, 5.74) is 15.7. The van der Waals surface area contributed by atoms with E-state index in [1.54, 1.807) is 0 Å². The number of para-hydroxylation sites is 4. The van der Waals surface area contributed by atoms with Crippen molar-refractivity contribution in [2.24, 2.45) is 0 Å². The van der Waals surface area contributed by atoms with Crippen LogP contribution in [-0.2, 0) is 0 Å². The second-order valence-electron chi connectivity index (χ2n) is 17.9. The number of hydrogen-bond acceptors (Lipinski definition) is 1. The van der Waals surface area contributed by atoms with Gasteiger partial charge in [-0.1, -0.05) is 133 Å². The van der Waals surface area contributed by atoms with E-state index in [1.165, 1.54) is 144 Å². The van der Waals surface area contributed by atoms with E-state index >= 15 is 0 Å². The molecule has 0 amide bonds. The van der Waals surface area contributed by atoms with Crippen LogP contribution in [0.1, 0.15) is 34.5 Å². The Kier molecular flexibility index (Phi) is 6.87. The number of fused-ring (bicyclic) bond motifs is 14. The summed E-state index contributed by atoms with van der Waals surface area (Å²) in [5.74, 6) is 0. The van der Waals surface area contributed by atoms with Gasteiger partial charge < -0.3 is 8.80 Å². The first-order valence-corrected chi connectivity index (χ1v) is 23.2. The Labute approximate surface area is 367 Å². The molecule has 15 rings (SSSR count). The maximum Gasteiger partial charge on any atom is 0.0620 e. The highest BCUT2D eigenvalue weighted by atomic mass is 32.2. The molecular formula is C60H38N2S. The van der Waals surface area contributed by atoms with E-state index in [-0.39, 0.29) is 0 Å². The lowest BCUT2D eigenvalue weighted by Crippen LogP contribution is -1.90. The van der Waals surface area contributed by atoms with Gasteiger partial charge >= 0.3 is 0 Å². The topological polar surface area (TPSA) is 8.82 Å². The molecule has 3 heteroatoms. The molecule has 1 aliphatic rings. The molecular weight excluding hydrogens is 781 g/mol. The highest BCUT2D eigenvalue weighted by Crippen LogP contribution is 2.53. The standard InChI is InChI=1S/C60H38N2S/c1-5-13-53-45(9-1)49-31-43(32-50-46-10-2-6-14-54(46)61(53)59(49)50)39-19-17-37-29-41(23-21-35(37)27-39)57-25-26-58(63-57)42-24-22-36-28-40(20-18-38(36)30-42)44-33-51-47-11-3-7-15-55(47)62-56-16-8-4-12-48(56)52(34-44)60(51)62/h1-24,27-34,57-58H,25-26H2. The van der Waals surface area contributed by atoms with Crippen LogP contribution in [0.4, 0.5) is 0 Å². The molecule has 1 saturated heterocycles. The molecule has 0 spiro atoms. The second-order valence-corrected chi connectivity index (χ2v) is 19.3. The van der Waals surface area contributed by atoms with E-state index < -0.39 is 0 Å². The van der Waals surface area contributed by atoms with Crippen molar-refractivity contribution < 1.29 is 0 Å². The minimum atomic E-state index is 0.490. The third-order valence-corrected chi connectivity index (χ3v) is 16.2. The number of thioether (sulfide) groups is 1. The second kappa shape index (κ2) is 12.6. The van der Waals surface area contributed by atoms with E-state index in [4.69, 9.17) is 0 Å². The summed E-state index contributed by atoms with van der Waals surface area (Å²) in [7, 11) is 0. The van der Waals surface area contributed by atoms with Crippen LogP contribution in [0.2, 0.25) is 0 Å². The molecule has 294 valence electrons. The summed E-state index contributed by atoms with van der Waals surface area (Å²) in [5, 5.41) is 16.8. The number of nitrogens with zero attached hydrogens (tertiary/aromatic N) is 2. The molecule has 63 heavy (non-hydrogen) atoms. The predicted molar refractivity (Wildman–Crippen MR) is 270 cm³/mol. The molecule has 0 aliphatic carbocycles. The van der Waals surface area contributed by atoms with Crippen molar-refractivity contribution in [1.29, 1.82) is 0 Å². The van der Waals surface area contributed by atoms with Gasteiger partial charge in [0, 0.05) is 53.6 Å². The van der Waals surface area contributed by atoms with Crippen LogP contribution in [0.3, 0.4) is 0 Å². The molecule has 4 aromatic heterocycles. The normalized spacial score (nSPS) is 16.1. The van der Waals surface area contributed by atoms with Crippen molar-refractivity contribution >= 4 is 109 Å². The zero-order chi connectivity index (χ0) is 40.9. The minimum absolute atomic E-state index is 0.490. The van der Waals surface area contributed by atoms with E-state index in [0.717, 1.165) is 0 Å². The van der Waals surface area contributed by atoms with Crippen LogP contribution in [-0.4, -0.2) is 8.80 Å². The Hall–Kier alpha value is -7.33. The van der Waals surface area contributed by atoms with E-state index in [9.17, 15) is 0 Å². The molecule has 0 radical (unpaired) electrons. The lowest BCUT2D eigenvalue weighted by atomic mass is 9.95. The van der Waals surface area contributed by atoms with Crippen LogP contribution in [0.15, 0.2) is 194 Å². The number of hydrogen-bond donors (Lipinski definition) is 0. The summed E-state index contributed by atoms with van der Waals surface area (Å²) >= 11 is 2.14. The SMILES string of the molecule is c1ccc2c(c1)c1cc(-c3ccc4cc(C5CCC(c6ccc7cc(-c8cc9c%10ccccc%10n%10c%11ccccc%11c(c8)c9%10)ccc7c6)S5)ccc4c3)cc3c4ccccc4n2c13. The molecule has 14 aromatic rings. The van der Waals surface area contributed by atoms with Crippen LogP contribution in [0.5, 0.6) is 0 Å². The molecule has 0 N–H and O–H groups in total. The molecule has 2 atom stereocenters. The minimum Gasteiger partial charge on any atom is -0.308 e. The van der Waals surface area contributed by atoms with Crippen LogP contribution in [0, 0.1) is 0 Å². The van der Waals surface area contributed by atoms with Gasteiger partial charge in [-0.05, 0) is 128 Å². The van der Waals surface area contributed by atoms with E-state index in [1.807, 2.05) is 0 Å². The van der Waals surface area contributed by atoms with Crippen molar-refractivity contribution in [2.75, 3.05) is 0 Å². The Morgan fingerprint density at radius 2 is 0.635 bits per heavy atom. The fourth-order valence-corrected chi connectivity index (χ4v) is 13.2. The third kappa shape index (κ3) is 4.80. The van der Waals surface area contributed by atoms with Crippen LogP contribution >= 0.6 is 11.8 Å². The zero-order valence-electron chi connectivity index (χ0n) is 34.3.